The maximum Gasteiger partial charge on any atom is 2.00 e. The van der Waals surface area contributed by atoms with Crippen molar-refractivity contribution in [3.63, 3.8) is 0 Å². The van der Waals surface area contributed by atoms with Crippen LogP contribution >= 0.6 is 0 Å². The zero-order valence-electron chi connectivity index (χ0n) is 22.5. The molecule has 3 rings (SSSR count). The van der Waals surface area contributed by atoms with Gasteiger partial charge in [0.25, 0.3) is 0 Å². The van der Waals surface area contributed by atoms with Gasteiger partial charge in [-0.2, -0.15) is 5.92 Å². The third kappa shape index (κ3) is 13.5. The summed E-state index contributed by atoms with van der Waals surface area (Å²) in [5.74, 6) is 0.310. The van der Waals surface area contributed by atoms with Gasteiger partial charge in [0, 0.05) is 6.10 Å². The Bertz CT molecular complexity index is 469. The Labute approximate surface area is 218 Å². The van der Waals surface area contributed by atoms with Crippen molar-refractivity contribution in [2.24, 2.45) is 5.92 Å². The van der Waals surface area contributed by atoms with E-state index >= 15 is 0 Å². The van der Waals surface area contributed by atoms with Crippen molar-refractivity contribution in [2.75, 3.05) is 0 Å². The molecule has 2 atom stereocenters. The van der Waals surface area contributed by atoms with Crippen LogP contribution in [0.1, 0.15) is 104 Å². The monoisotopic (exact) mass is 540 g/mol. The predicted octanol–water partition coefficient (Wildman–Crippen LogP) is 9.52. The Morgan fingerprint density at radius 1 is 0.774 bits per heavy atom. The molecule has 3 aliphatic rings. The quantitative estimate of drug-likeness (QED) is 0.255. The van der Waals surface area contributed by atoms with E-state index in [0.717, 1.165) is 6.42 Å². The average molecular weight is 542 g/mol. The molecule has 0 N–H and O–H groups in total. The van der Waals surface area contributed by atoms with Crippen molar-refractivity contribution >= 4 is 16.4 Å². The topological polar surface area (TPSA) is 9.23 Å². The van der Waals surface area contributed by atoms with E-state index in [2.05, 4.69) is 66.1 Å². The smallest absolute Gasteiger partial charge is 0.500 e. The molecular weight excluding hydrogens is 488 g/mol. The van der Waals surface area contributed by atoms with Crippen molar-refractivity contribution in [2.45, 2.75) is 148 Å². The van der Waals surface area contributed by atoms with Gasteiger partial charge >= 0.3 is 26.2 Å². The number of hydrogen-bond acceptors (Lipinski definition) is 1. The Kier molecular flexibility index (Phi) is 15.6. The van der Waals surface area contributed by atoms with Gasteiger partial charge in [-0.25, -0.2) is 0 Å². The fourth-order valence-electron chi connectivity index (χ4n) is 4.21. The van der Waals surface area contributed by atoms with Crippen molar-refractivity contribution in [3.05, 3.63) is 18.2 Å². The van der Waals surface area contributed by atoms with Crippen LogP contribution in [0.5, 0.6) is 0 Å². The Morgan fingerprint density at radius 3 is 1.48 bits per heavy atom. The van der Waals surface area contributed by atoms with Gasteiger partial charge in [-0.1, -0.05) is 111 Å². The summed E-state index contributed by atoms with van der Waals surface area (Å²) >= 11 is 0. The van der Waals surface area contributed by atoms with E-state index in [9.17, 15) is 0 Å². The maximum atomic E-state index is 6.63. The Balaban J connectivity index is 0.000000661. The molecule has 0 spiro atoms. The van der Waals surface area contributed by atoms with Gasteiger partial charge < -0.3 is 17.0 Å². The van der Waals surface area contributed by atoms with Crippen LogP contribution in [-0.4, -0.2) is 22.5 Å². The van der Waals surface area contributed by atoms with Crippen molar-refractivity contribution < 1.29 is 30.6 Å². The van der Waals surface area contributed by atoms with E-state index in [-0.39, 0.29) is 31.2 Å². The summed E-state index contributed by atoms with van der Waals surface area (Å²) in [7, 11) is -2.97. The average Bonchev–Trinajstić information content (AvgIpc) is 3.34. The molecule has 180 valence electrons. The van der Waals surface area contributed by atoms with Gasteiger partial charge in [0.1, 0.15) is 0 Å². The van der Waals surface area contributed by atoms with Crippen LogP contribution in [0.3, 0.4) is 0 Å². The first-order valence-electron chi connectivity index (χ1n) is 13.0. The molecule has 3 aliphatic carbocycles. The van der Waals surface area contributed by atoms with Gasteiger partial charge in [0.2, 0.25) is 0 Å². The van der Waals surface area contributed by atoms with E-state index in [1.165, 1.54) is 82.6 Å². The van der Waals surface area contributed by atoms with Gasteiger partial charge in [-0.15, -0.1) is 8.07 Å². The summed E-state index contributed by atoms with van der Waals surface area (Å²) in [5.41, 5.74) is 5.23. The summed E-state index contributed by atoms with van der Waals surface area (Å²) in [5, 5.41) is 0.274. The second-order valence-corrected chi connectivity index (χ2v) is 21.9. The summed E-state index contributed by atoms with van der Waals surface area (Å²) in [6, 6.07) is 0. The third-order valence-electron chi connectivity index (χ3n) is 7.12. The van der Waals surface area contributed by atoms with Crippen LogP contribution in [0.15, 0.2) is 5.57 Å². The molecule has 0 unspecified atom stereocenters. The summed E-state index contributed by atoms with van der Waals surface area (Å²) in [6.45, 7) is 23.1. The molecule has 1 nitrogen and oxygen atoms in total. The summed E-state index contributed by atoms with van der Waals surface area (Å²) in [6.07, 6.45) is 18.9. The Hall–Kier alpha value is 1.02. The van der Waals surface area contributed by atoms with E-state index in [1.54, 1.807) is 0 Å². The molecule has 0 aromatic heterocycles. The first-order valence-corrected chi connectivity index (χ1v) is 19.4. The largest absolute Gasteiger partial charge is 2.00 e. The molecule has 0 aromatic rings. The first-order chi connectivity index (χ1) is 13.8. The minimum atomic E-state index is -1.69. The van der Waals surface area contributed by atoms with Crippen LogP contribution in [0.2, 0.25) is 37.8 Å². The molecule has 31 heavy (non-hydrogen) atoms. The second kappa shape index (κ2) is 15.1. The normalized spacial score (nSPS) is 25.8. The molecule has 3 saturated carbocycles. The van der Waals surface area contributed by atoms with Crippen molar-refractivity contribution in [3.8, 4) is 0 Å². The molecule has 0 amide bonds. The molecule has 4 heteroatoms. The van der Waals surface area contributed by atoms with Gasteiger partial charge in [0.15, 0.2) is 8.32 Å². The molecule has 3 fully saturated rings. The van der Waals surface area contributed by atoms with Gasteiger partial charge in [0.05, 0.1) is 0 Å². The molecule has 0 bridgehead atoms. The predicted molar refractivity (Wildman–Crippen MR) is 141 cm³/mol. The van der Waals surface area contributed by atoms with Crippen LogP contribution in [0, 0.1) is 18.5 Å². The van der Waals surface area contributed by atoms with E-state index in [0.29, 0.717) is 12.0 Å². The standard InChI is InChI=1S/C17H34OSi2.2C5H10.Zr/c1-14-15(13-19(5,6)7)11-10-12-16(14)18-20(8,9)17(2,3)4;2*1-2-4-5-3-1;/h14,16H,1,10-12H2,2-9H3;2*1-5H2;/q-2;;;+2/t14-,16-;;;/m0.../s1. The molecule has 0 aromatic carbocycles. The van der Waals surface area contributed by atoms with Gasteiger partial charge in [-0.05, 0) is 31.0 Å². The van der Waals surface area contributed by atoms with Crippen LogP contribution in [-0.2, 0) is 30.6 Å². The molecule has 0 radical (unpaired) electrons. The third-order valence-corrected chi connectivity index (χ3v) is 12.7. The zero-order valence-corrected chi connectivity index (χ0v) is 26.9. The molecule has 0 saturated heterocycles. The maximum absolute atomic E-state index is 6.63. The number of rotatable bonds is 3. The fraction of sp³-hybridized carbons (Fsp3) is 0.889. The van der Waals surface area contributed by atoms with Gasteiger partial charge in [-0.3, -0.25) is 5.57 Å². The van der Waals surface area contributed by atoms with Crippen molar-refractivity contribution in [1.82, 2.24) is 0 Å². The molecule has 0 aliphatic heterocycles. The van der Waals surface area contributed by atoms with Crippen LogP contribution in [0.4, 0.5) is 0 Å². The zero-order chi connectivity index (χ0) is 22.8. The van der Waals surface area contributed by atoms with E-state index in [4.69, 9.17) is 4.43 Å². The molecular formula is C27H54OSi2Zr. The minimum Gasteiger partial charge on any atom is -0.500 e. The van der Waals surface area contributed by atoms with Crippen LogP contribution < -0.4 is 0 Å². The van der Waals surface area contributed by atoms with Crippen molar-refractivity contribution in [1.29, 1.82) is 0 Å². The fourth-order valence-corrected chi connectivity index (χ4v) is 6.87. The first kappa shape index (κ1) is 32.0. The van der Waals surface area contributed by atoms with E-state index < -0.39 is 16.4 Å². The Morgan fingerprint density at radius 2 is 1.16 bits per heavy atom. The SMILES string of the molecule is C1CCCC1.C1CCCC1.[CH2-][C@H]1C(=[C-][Si](C)(C)C)CCC[C@@H]1O[Si](C)(C)C(C)(C)C.[Zr+2]. The second-order valence-electron chi connectivity index (χ2n) is 12.4. The van der Waals surface area contributed by atoms with Crippen LogP contribution in [0.25, 0.3) is 0 Å². The summed E-state index contributed by atoms with van der Waals surface area (Å²) < 4.78 is 6.63. The number of hydrogen-bond donors (Lipinski definition) is 0. The van der Waals surface area contributed by atoms with E-state index in [1.807, 2.05) is 0 Å². The molecule has 0 heterocycles. The summed E-state index contributed by atoms with van der Waals surface area (Å²) in [4.78, 5) is 0. The minimum absolute atomic E-state index is 0.